The first-order chi connectivity index (χ1) is 11.6. The Bertz CT molecular complexity index is 946. The Kier molecular flexibility index (Phi) is 4.37. The summed E-state index contributed by atoms with van der Waals surface area (Å²) in [4.78, 5) is 27.9. The van der Waals surface area contributed by atoms with E-state index in [1.807, 2.05) is 12.1 Å². The number of hydrogen-bond acceptors (Lipinski definition) is 4. The van der Waals surface area contributed by atoms with Gasteiger partial charge in [0.05, 0.1) is 21.5 Å². The number of unbranched alkanes of at least 4 members (excludes halogenated alkanes) is 1. The third kappa shape index (κ3) is 2.90. The van der Waals surface area contributed by atoms with Gasteiger partial charge in [0.15, 0.2) is 0 Å². The second-order valence-corrected chi connectivity index (χ2v) is 5.56. The van der Waals surface area contributed by atoms with E-state index in [0.717, 1.165) is 12.8 Å². The molecule has 0 bridgehead atoms. The molecular weight excluding hydrogens is 306 g/mol. The Morgan fingerprint density at radius 2 is 1.83 bits per heavy atom. The van der Waals surface area contributed by atoms with E-state index in [2.05, 4.69) is 11.9 Å². The van der Waals surface area contributed by atoms with E-state index in [1.54, 1.807) is 28.8 Å². The van der Waals surface area contributed by atoms with Gasteiger partial charge in [-0.1, -0.05) is 25.5 Å². The molecule has 2 aromatic carbocycles. The molecule has 0 atom stereocenters. The Hall–Kier alpha value is -3.02. The fourth-order valence-electron chi connectivity index (χ4n) is 2.67. The minimum Gasteiger partial charge on any atom is -0.268 e. The molecule has 0 amide bonds. The molecule has 0 aliphatic heterocycles. The summed E-state index contributed by atoms with van der Waals surface area (Å²) in [5.41, 5.74) is 1.11. The third-order valence-corrected chi connectivity index (χ3v) is 3.92. The highest BCUT2D eigenvalue weighted by atomic mass is 16.6. The molecule has 0 radical (unpaired) electrons. The first kappa shape index (κ1) is 15.9. The van der Waals surface area contributed by atoms with Gasteiger partial charge in [0, 0.05) is 18.6 Å². The van der Waals surface area contributed by atoms with Gasteiger partial charge in [-0.15, -0.1) is 0 Å². The van der Waals surface area contributed by atoms with Gasteiger partial charge >= 0.3 is 0 Å². The number of nitrogens with zero attached hydrogens (tertiary/aromatic N) is 3. The van der Waals surface area contributed by atoms with Gasteiger partial charge in [0.2, 0.25) is 0 Å². The van der Waals surface area contributed by atoms with Gasteiger partial charge in [-0.3, -0.25) is 19.5 Å². The van der Waals surface area contributed by atoms with E-state index in [9.17, 15) is 14.9 Å². The first-order valence-corrected chi connectivity index (χ1v) is 7.87. The lowest BCUT2D eigenvalue weighted by molar-refractivity contribution is -0.384. The van der Waals surface area contributed by atoms with Crippen LogP contribution in [0.1, 0.15) is 25.6 Å². The van der Waals surface area contributed by atoms with Crippen molar-refractivity contribution in [3.8, 4) is 5.69 Å². The molecule has 0 fully saturated rings. The maximum absolute atomic E-state index is 12.9. The summed E-state index contributed by atoms with van der Waals surface area (Å²) < 4.78 is 1.56. The van der Waals surface area contributed by atoms with Crippen molar-refractivity contribution in [2.24, 2.45) is 0 Å². The zero-order valence-corrected chi connectivity index (χ0v) is 13.3. The highest BCUT2D eigenvalue weighted by Gasteiger charge is 2.13. The fourth-order valence-corrected chi connectivity index (χ4v) is 2.67. The van der Waals surface area contributed by atoms with Crippen molar-refractivity contribution >= 4 is 16.6 Å². The largest absolute Gasteiger partial charge is 0.269 e. The van der Waals surface area contributed by atoms with E-state index in [-0.39, 0.29) is 11.2 Å². The highest BCUT2D eigenvalue weighted by Crippen LogP contribution is 2.18. The van der Waals surface area contributed by atoms with Crippen LogP contribution in [0.15, 0.2) is 53.3 Å². The number of aromatic nitrogens is 2. The van der Waals surface area contributed by atoms with Crippen LogP contribution in [0.5, 0.6) is 0 Å². The van der Waals surface area contributed by atoms with Crippen LogP contribution in [0.25, 0.3) is 16.6 Å². The summed E-state index contributed by atoms with van der Waals surface area (Å²) in [6, 6.07) is 13.2. The van der Waals surface area contributed by atoms with Crippen LogP contribution in [0.2, 0.25) is 0 Å². The molecule has 6 nitrogen and oxygen atoms in total. The molecule has 122 valence electrons. The zero-order chi connectivity index (χ0) is 17.1. The lowest BCUT2D eigenvalue weighted by atomic mass is 10.2. The topological polar surface area (TPSA) is 78.0 Å². The molecule has 0 aliphatic carbocycles. The van der Waals surface area contributed by atoms with Crippen LogP contribution in [0.4, 0.5) is 5.69 Å². The van der Waals surface area contributed by atoms with Gasteiger partial charge in [-0.25, -0.2) is 4.98 Å². The quantitative estimate of drug-likeness (QED) is 0.530. The number of nitro benzene ring substituents is 1. The summed E-state index contributed by atoms with van der Waals surface area (Å²) in [6.07, 6.45) is 2.58. The second-order valence-electron chi connectivity index (χ2n) is 5.56. The molecule has 1 heterocycles. The summed E-state index contributed by atoms with van der Waals surface area (Å²) in [5, 5.41) is 11.4. The second kappa shape index (κ2) is 6.62. The smallest absolute Gasteiger partial charge is 0.268 e. The van der Waals surface area contributed by atoms with Crippen molar-refractivity contribution in [1.82, 2.24) is 9.55 Å². The Labute approximate surface area is 138 Å². The molecule has 3 aromatic rings. The van der Waals surface area contributed by atoms with E-state index in [1.165, 1.54) is 12.1 Å². The van der Waals surface area contributed by atoms with E-state index in [4.69, 9.17) is 0 Å². The SMILES string of the molecule is CCCCc1nc2ccccc2c(=O)n1-c1ccc([N+](=O)[O-])cc1. The number of fused-ring (bicyclic) bond motifs is 1. The van der Waals surface area contributed by atoms with Crippen molar-refractivity contribution in [3.63, 3.8) is 0 Å². The van der Waals surface area contributed by atoms with Crippen molar-refractivity contribution in [2.75, 3.05) is 0 Å². The maximum Gasteiger partial charge on any atom is 0.269 e. The predicted molar refractivity (Wildman–Crippen MR) is 92.6 cm³/mol. The normalized spacial score (nSPS) is 10.9. The number of hydrogen-bond donors (Lipinski definition) is 0. The fraction of sp³-hybridized carbons (Fsp3) is 0.222. The van der Waals surface area contributed by atoms with Gasteiger partial charge in [-0.2, -0.15) is 0 Å². The molecule has 1 aromatic heterocycles. The van der Waals surface area contributed by atoms with Gasteiger partial charge in [0.1, 0.15) is 5.82 Å². The molecule has 0 saturated heterocycles. The number of benzene rings is 2. The van der Waals surface area contributed by atoms with Gasteiger partial charge in [-0.05, 0) is 30.7 Å². The average molecular weight is 323 g/mol. The molecule has 24 heavy (non-hydrogen) atoms. The van der Waals surface area contributed by atoms with Gasteiger partial charge in [0.25, 0.3) is 11.2 Å². The zero-order valence-electron chi connectivity index (χ0n) is 13.3. The van der Waals surface area contributed by atoms with Gasteiger partial charge < -0.3 is 0 Å². The van der Waals surface area contributed by atoms with Crippen molar-refractivity contribution in [3.05, 3.63) is 74.8 Å². The summed E-state index contributed by atoms with van der Waals surface area (Å²) in [5.74, 6) is 0.675. The lowest BCUT2D eigenvalue weighted by Gasteiger charge is -2.13. The van der Waals surface area contributed by atoms with Crippen LogP contribution in [-0.4, -0.2) is 14.5 Å². The summed E-state index contributed by atoms with van der Waals surface area (Å²) in [6.45, 7) is 2.08. The molecule has 0 aliphatic rings. The molecule has 0 spiro atoms. The Balaban J connectivity index is 2.22. The first-order valence-electron chi connectivity index (χ1n) is 7.87. The summed E-state index contributed by atoms with van der Waals surface area (Å²) in [7, 11) is 0. The molecule has 3 rings (SSSR count). The highest BCUT2D eigenvalue weighted by molar-refractivity contribution is 5.77. The van der Waals surface area contributed by atoms with Crippen LogP contribution < -0.4 is 5.56 Å². The predicted octanol–water partition coefficient (Wildman–Crippen LogP) is 3.64. The molecule has 6 heteroatoms. The van der Waals surface area contributed by atoms with Crippen molar-refractivity contribution in [1.29, 1.82) is 0 Å². The monoisotopic (exact) mass is 323 g/mol. The molecule has 0 saturated carbocycles. The lowest BCUT2D eigenvalue weighted by Crippen LogP contribution is -2.24. The third-order valence-electron chi connectivity index (χ3n) is 3.92. The van der Waals surface area contributed by atoms with E-state index < -0.39 is 4.92 Å². The Morgan fingerprint density at radius 3 is 2.50 bits per heavy atom. The van der Waals surface area contributed by atoms with Crippen LogP contribution in [0, 0.1) is 10.1 Å². The van der Waals surface area contributed by atoms with Crippen molar-refractivity contribution in [2.45, 2.75) is 26.2 Å². The van der Waals surface area contributed by atoms with Crippen LogP contribution in [-0.2, 0) is 6.42 Å². The van der Waals surface area contributed by atoms with Crippen LogP contribution in [0.3, 0.4) is 0 Å². The minimum atomic E-state index is -0.455. The standard InChI is InChI=1S/C18H17N3O3/c1-2-3-8-17-19-16-7-5-4-6-15(16)18(22)20(17)13-9-11-14(12-10-13)21(23)24/h4-7,9-12H,2-3,8H2,1H3. The van der Waals surface area contributed by atoms with E-state index in [0.29, 0.717) is 28.8 Å². The Morgan fingerprint density at radius 1 is 1.12 bits per heavy atom. The number of aryl methyl sites for hydroxylation is 1. The molecular formula is C18H17N3O3. The van der Waals surface area contributed by atoms with Crippen molar-refractivity contribution < 1.29 is 4.92 Å². The summed E-state index contributed by atoms with van der Waals surface area (Å²) >= 11 is 0. The average Bonchev–Trinajstić information content (AvgIpc) is 2.60. The number of para-hydroxylation sites is 1. The molecule has 0 unspecified atom stereocenters. The maximum atomic E-state index is 12.9. The number of nitro groups is 1. The van der Waals surface area contributed by atoms with E-state index >= 15 is 0 Å². The minimum absolute atomic E-state index is 0.00402. The molecule has 0 N–H and O–H groups in total. The van der Waals surface area contributed by atoms with Crippen LogP contribution >= 0.6 is 0 Å². The number of rotatable bonds is 5. The number of non-ortho nitro benzene ring substituents is 1.